The largest absolute Gasteiger partial charge is 0.330 e. The molecule has 1 rings (SSSR count). The van der Waals surface area contributed by atoms with E-state index < -0.39 is 0 Å². The summed E-state index contributed by atoms with van der Waals surface area (Å²) >= 11 is 5.77. The molecule has 0 amide bonds. The van der Waals surface area contributed by atoms with Crippen molar-refractivity contribution in [3.05, 3.63) is 21.1 Å². The summed E-state index contributed by atoms with van der Waals surface area (Å²) in [5, 5.41) is 3.10. The predicted octanol–water partition coefficient (Wildman–Crippen LogP) is 0.429. The first kappa shape index (κ1) is 9.35. The highest BCUT2D eigenvalue weighted by Gasteiger charge is 2.14. The Morgan fingerprint density at radius 3 is 2.67 bits per heavy atom. The van der Waals surface area contributed by atoms with Gasteiger partial charge in [-0.3, -0.25) is 14.6 Å². The summed E-state index contributed by atoms with van der Waals surface area (Å²) in [5.74, 6) is 0.0893. The molecular formula is C7H12ClN3O. The van der Waals surface area contributed by atoms with Gasteiger partial charge in [0, 0.05) is 19.5 Å². The van der Waals surface area contributed by atoms with E-state index in [1.54, 1.807) is 7.05 Å². The van der Waals surface area contributed by atoms with Crippen LogP contribution in [0.5, 0.6) is 0 Å². The zero-order valence-corrected chi connectivity index (χ0v) is 7.85. The van der Waals surface area contributed by atoms with E-state index in [1.165, 1.54) is 4.68 Å². The lowest BCUT2D eigenvalue weighted by atomic mass is 10.1. The number of aromatic nitrogens is 2. The Labute approximate surface area is 75.3 Å². The standard InChI is InChI=1S/C7H12ClN3O/c1-4(3-9)6-5(8)7(12)11(2)10-6/h4,10H,3,9H2,1-2H3. The van der Waals surface area contributed by atoms with Gasteiger partial charge in [0.15, 0.2) is 0 Å². The zero-order chi connectivity index (χ0) is 9.30. The molecule has 0 fully saturated rings. The fourth-order valence-corrected chi connectivity index (χ4v) is 1.34. The molecule has 68 valence electrons. The van der Waals surface area contributed by atoms with Crippen LogP contribution >= 0.6 is 11.6 Å². The monoisotopic (exact) mass is 189 g/mol. The van der Waals surface area contributed by atoms with Crippen molar-refractivity contribution in [2.24, 2.45) is 12.8 Å². The third-order valence-electron chi connectivity index (χ3n) is 1.86. The number of nitrogens with one attached hydrogen (secondary N) is 1. The Kier molecular flexibility index (Phi) is 2.59. The van der Waals surface area contributed by atoms with E-state index in [4.69, 9.17) is 17.3 Å². The Bertz CT molecular complexity index is 328. The third kappa shape index (κ3) is 1.40. The number of halogens is 1. The molecule has 0 aliphatic rings. The van der Waals surface area contributed by atoms with Gasteiger partial charge in [-0.15, -0.1) is 0 Å². The fraction of sp³-hybridized carbons (Fsp3) is 0.571. The maximum Gasteiger partial charge on any atom is 0.285 e. The quantitative estimate of drug-likeness (QED) is 0.709. The van der Waals surface area contributed by atoms with Gasteiger partial charge in [-0.2, -0.15) is 0 Å². The summed E-state index contributed by atoms with van der Waals surface area (Å²) < 4.78 is 1.35. The van der Waals surface area contributed by atoms with Crippen LogP contribution in [0.25, 0.3) is 0 Å². The van der Waals surface area contributed by atoms with E-state index in [1.807, 2.05) is 6.92 Å². The summed E-state index contributed by atoms with van der Waals surface area (Å²) in [4.78, 5) is 11.2. The molecule has 0 saturated heterocycles. The minimum absolute atomic E-state index is 0.0893. The summed E-state index contributed by atoms with van der Waals surface area (Å²) in [5.41, 5.74) is 5.95. The summed E-state index contributed by atoms with van der Waals surface area (Å²) in [6, 6.07) is 0. The number of aryl methyl sites for hydroxylation is 1. The maximum absolute atomic E-state index is 11.2. The van der Waals surface area contributed by atoms with E-state index in [9.17, 15) is 4.79 Å². The summed E-state index contributed by atoms with van der Waals surface area (Å²) in [6.07, 6.45) is 0. The highest BCUT2D eigenvalue weighted by molar-refractivity contribution is 6.31. The first-order valence-electron chi connectivity index (χ1n) is 3.72. The first-order valence-corrected chi connectivity index (χ1v) is 4.10. The molecule has 0 spiro atoms. The van der Waals surface area contributed by atoms with E-state index in [0.29, 0.717) is 12.2 Å². The topological polar surface area (TPSA) is 63.8 Å². The molecule has 0 aromatic carbocycles. The van der Waals surface area contributed by atoms with Crippen molar-refractivity contribution in [1.29, 1.82) is 0 Å². The number of hydrogen-bond acceptors (Lipinski definition) is 2. The lowest BCUT2D eigenvalue weighted by molar-refractivity contribution is 0.677. The molecule has 1 aromatic rings. The molecule has 1 atom stereocenters. The van der Waals surface area contributed by atoms with Crippen molar-refractivity contribution >= 4 is 11.6 Å². The normalized spacial score (nSPS) is 13.3. The molecule has 5 heteroatoms. The van der Waals surface area contributed by atoms with Crippen LogP contribution in [-0.4, -0.2) is 16.3 Å². The Balaban J connectivity index is 3.18. The molecule has 1 aromatic heterocycles. The van der Waals surface area contributed by atoms with Gasteiger partial charge >= 0.3 is 0 Å². The molecular weight excluding hydrogens is 178 g/mol. The molecule has 4 nitrogen and oxygen atoms in total. The van der Waals surface area contributed by atoms with Crippen LogP contribution in [0.4, 0.5) is 0 Å². The van der Waals surface area contributed by atoms with Gasteiger partial charge in [0.05, 0.1) is 5.69 Å². The molecule has 3 N–H and O–H groups in total. The van der Waals surface area contributed by atoms with E-state index in [2.05, 4.69) is 5.10 Å². The SMILES string of the molecule is CC(CN)c1[nH]n(C)c(=O)c1Cl. The highest BCUT2D eigenvalue weighted by Crippen LogP contribution is 2.17. The molecule has 1 heterocycles. The van der Waals surface area contributed by atoms with E-state index in [-0.39, 0.29) is 16.5 Å². The third-order valence-corrected chi connectivity index (χ3v) is 2.23. The van der Waals surface area contributed by atoms with Gasteiger partial charge in [0.1, 0.15) is 5.02 Å². The molecule has 0 aliphatic heterocycles. The molecule has 0 saturated carbocycles. The number of nitrogens with zero attached hydrogens (tertiary/aromatic N) is 1. The van der Waals surface area contributed by atoms with Gasteiger partial charge in [0.25, 0.3) is 5.56 Å². The Morgan fingerprint density at radius 1 is 1.75 bits per heavy atom. The van der Waals surface area contributed by atoms with Gasteiger partial charge in [-0.25, -0.2) is 0 Å². The number of H-pyrrole nitrogens is 1. The van der Waals surface area contributed by atoms with Crippen molar-refractivity contribution in [2.45, 2.75) is 12.8 Å². The Morgan fingerprint density at radius 2 is 2.33 bits per heavy atom. The number of nitrogens with two attached hydrogens (primary N) is 1. The average molecular weight is 190 g/mol. The van der Waals surface area contributed by atoms with Crippen molar-refractivity contribution in [3.63, 3.8) is 0 Å². The van der Waals surface area contributed by atoms with Crippen LogP contribution in [0.2, 0.25) is 5.02 Å². The molecule has 0 bridgehead atoms. The molecule has 0 radical (unpaired) electrons. The van der Waals surface area contributed by atoms with Crippen molar-refractivity contribution in [2.75, 3.05) is 6.54 Å². The van der Waals surface area contributed by atoms with Gasteiger partial charge in [-0.1, -0.05) is 18.5 Å². The smallest absolute Gasteiger partial charge is 0.285 e. The van der Waals surface area contributed by atoms with Crippen LogP contribution in [-0.2, 0) is 7.05 Å². The van der Waals surface area contributed by atoms with Crippen molar-refractivity contribution < 1.29 is 0 Å². The van der Waals surface area contributed by atoms with Gasteiger partial charge < -0.3 is 5.73 Å². The van der Waals surface area contributed by atoms with E-state index in [0.717, 1.165) is 0 Å². The second-order valence-corrected chi connectivity index (χ2v) is 3.22. The molecule has 1 unspecified atom stereocenters. The van der Waals surface area contributed by atoms with Crippen LogP contribution < -0.4 is 11.3 Å². The van der Waals surface area contributed by atoms with Gasteiger partial charge in [0.2, 0.25) is 0 Å². The van der Waals surface area contributed by atoms with Crippen molar-refractivity contribution in [3.8, 4) is 0 Å². The lowest BCUT2D eigenvalue weighted by Gasteiger charge is -2.04. The fourth-order valence-electron chi connectivity index (χ4n) is 0.987. The van der Waals surface area contributed by atoms with Crippen LogP contribution in [0.3, 0.4) is 0 Å². The number of aromatic amines is 1. The second-order valence-electron chi connectivity index (χ2n) is 2.84. The van der Waals surface area contributed by atoms with Crippen LogP contribution in [0.15, 0.2) is 4.79 Å². The lowest BCUT2D eigenvalue weighted by Crippen LogP contribution is -2.11. The maximum atomic E-state index is 11.2. The van der Waals surface area contributed by atoms with E-state index >= 15 is 0 Å². The zero-order valence-electron chi connectivity index (χ0n) is 7.10. The molecule has 12 heavy (non-hydrogen) atoms. The summed E-state index contributed by atoms with van der Waals surface area (Å²) in [7, 11) is 1.63. The molecule has 0 aliphatic carbocycles. The van der Waals surface area contributed by atoms with Crippen LogP contribution in [0.1, 0.15) is 18.5 Å². The number of rotatable bonds is 2. The van der Waals surface area contributed by atoms with Crippen molar-refractivity contribution in [1.82, 2.24) is 9.78 Å². The number of hydrogen-bond donors (Lipinski definition) is 2. The highest BCUT2D eigenvalue weighted by atomic mass is 35.5. The summed E-state index contributed by atoms with van der Waals surface area (Å²) in [6.45, 7) is 2.39. The average Bonchev–Trinajstić information content (AvgIpc) is 2.32. The van der Waals surface area contributed by atoms with Gasteiger partial charge in [-0.05, 0) is 0 Å². The first-order chi connectivity index (χ1) is 5.57. The van der Waals surface area contributed by atoms with Crippen LogP contribution in [0, 0.1) is 0 Å². The minimum atomic E-state index is -0.202. The predicted molar refractivity (Wildman–Crippen MR) is 48.5 cm³/mol. The second kappa shape index (κ2) is 3.33. The Hall–Kier alpha value is -0.740. The minimum Gasteiger partial charge on any atom is -0.330 e.